The molecule has 0 aromatic heterocycles. The van der Waals surface area contributed by atoms with E-state index in [9.17, 15) is 5.11 Å². The molecule has 1 aliphatic heterocycles. The molecule has 4 aliphatic rings. The van der Waals surface area contributed by atoms with Gasteiger partial charge in [-0.3, -0.25) is 0 Å². The molecule has 0 bridgehead atoms. The van der Waals surface area contributed by atoms with E-state index in [0.29, 0.717) is 5.41 Å². The lowest BCUT2D eigenvalue weighted by Crippen LogP contribution is -2.57. The molecule has 1 saturated heterocycles. The monoisotopic (exact) mass is 292 g/mol. The summed E-state index contributed by atoms with van der Waals surface area (Å²) in [4.78, 5) is 0. The summed E-state index contributed by atoms with van der Waals surface area (Å²) in [5.41, 5.74) is 0.132. The lowest BCUT2D eigenvalue weighted by atomic mass is 9.46. The van der Waals surface area contributed by atoms with Gasteiger partial charge in [0, 0.05) is 6.61 Å². The van der Waals surface area contributed by atoms with Crippen LogP contribution in [0.15, 0.2) is 0 Å². The van der Waals surface area contributed by atoms with Crippen LogP contribution >= 0.6 is 0 Å². The topological polar surface area (TPSA) is 29.5 Å². The van der Waals surface area contributed by atoms with E-state index in [1.165, 1.54) is 38.5 Å². The van der Waals surface area contributed by atoms with E-state index in [1.54, 1.807) is 0 Å². The third-order valence-electron chi connectivity index (χ3n) is 8.65. The van der Waals surface area contributed by atoms with Crippen molar-refractivity contribution in [3.8, 4) is 0 Å². The van der Waals surface area contributed by atoms with Crippen LogP contribution in [0, 0.1) is 34.5 Å². The first-order valence-corrected chi connectivity index (χ1v) is 9.19. The third-order valence-corrected chi connectivity index (χ3v) is 8.65. The SMILES string of the molecule is C[C@]12COCC[C@@H]1CC[C@@H]1[C@@H]2CC[C@@]2(C)[C@H]1CC[C@]2(C)O. The van der Waals surface area contributed by atoms with E-state index in [-0.39, 0.29) is 5.41 Å². The Labute approximate surface area is 129 Å². The van der Waals surface area contributed by atoms with Gasteiger partial charge in [0.15, 0.2) is 0 Å². The van der Waals surface area contributed by atoms with Crippen molar-refractivity contribution in [2.24, 2.45) is 34.5 Å². The molecule has 0 aromatic rings. The standard InChI is InChI=1S/C19H32O2/c1-17-12-21-11-8-13(17)4-5-14-15(17)6-9-18(2)16(14)7-10-19(18,3)20/h13-16,20H,4-12H2,1-3H3/t13-,14+,15-,16-,17-,18-,19-/m0/s1. The van der Waals surface area contributed by atoms with E-state index < -0.39 is 5.60 Å². The highest BCUT2D eigenvalue weighted by Gasteiger charge is 2.63. The predicted molar refractivity (Wildman–Crippen MR) is 83.9 cm³/mol. The maximum Gasteiger partial charge on any atom is 0.0675 e. The van der Waals surface area contributed by atoms with Crippen molar-refractivity contribution in [1.82, 2.24) is 0 Å². The normalized spacial score (nSPS) is 60.0. The molecular weight excluding hydrogens is 260 g/mol. The molecule has 3 aliphatic carbocycles. The highest BCUT2D eigenvalue weighted by Crippen LogP contribution is 2.66. The van der Waals surface area contributed by atoms with Gasteiger partial charge in [-0.25, -0.2) is 0 Å². The van der Waals surface area contributed by atoms with Gasteiger partial charge in [-0.1, -0.05) is 13.8 Å². The summed E-state index contributed by atoms with van der Waals surface area (Å²) < 4.78 is 5.92. The first kappa shape index (κ1) is 14.5. The Morgan fingerprint density at radius 2 is 1.67 bits per heavy atom. The second-order valence-corrected chi connectivity index (χ2v) is 9.27. The molecule has 4 fully saturated rings. The van der Waals surface area contributed by atoms with Gasteiger partial charge in [-0.15, -0.1) is 0 Å². The van der Waals surface area contributed by atoms with Gasteiger partial charge in [0.05, 0.1) is 12.2 Å². The Morgan fingerprint density at radius 3 is 2.48 bits per heavy atom. The number of ether oxygens (including phenoxy) is 1. The molecule has 1 N–H and O–H groups in total. The molecule has 0 unspecified atom stereocenters. The first-order chi connectivity index (χ1) is 9.88. The van der Waals surface area contributed by atoms with Crippen molar-refractivity contribution < 1.29 is 9.84 Å². The summed E-state index contributed by atoms with van der Waals surface area (Å²) in [6.07, 6.45) is 8.86. The van der Waals surface area contributed by atoms with Gasteiger partial charge in [0.1, 0.15) is 0 Å². The van der Waals surface area contributed by atoms with Crippen molar-refractivity contribution in [3.63, 3.8) is 0 Å². The van der Waals surface area contributed by atoms with Crippen LogP contribution in [0.2, 0.25) is 0 Å². The van der Waals surface area contributed by atoms with Crippen molar-refractivity contribution in [2.75, 3.05) is 13.2 Å². The highest BCUT2D eigenvalue weighted by molar-refractivity contribution is 5.12. The largest absolute Gasteiger partial charge is 0.390 e. The summed E-state index contributed by atoms with van der Waals surface area (Å²) in [6.45, 7) is 8.96. The molecule has 120 valence electrons. The molecule has 1 heterocycles. The zero-order valence-corrected chi connectivity index (χ0v) is 14.0. The minimum absolute atomic E-state index is 0.160. The molecular formula is C19H32O2. The second-order valence-electron chi connectivity index (χ2n) is 9.27. The minimum Gasteiger partial charge on any atom is -0.390 e. The summed E-state index contributed by atoms with van der Waals surface area (Å²) >= 11 is 0. The van der Waals surface area contributed by atoms with Gasteiger partial charge in [0.2, 0.25) is 0 Å². The van der Waals surface area contributed by atoms with Crippen molar-refractivity contribution >= 4 is 0 Å². The fourth-order valence-electron chi connectivity index (χ4n) is 7.00. The summed E-state index contributed by atoms with van der Waals surface area (Å²) in [6, 6.07) is 0. The Kier molecular flexibility index (Phi) is 3.09. The molecule has 2 heteroatoms. The van der Waals surface area contributed by atoms with Crippen LogP contribution < -0.4 is 0 Å². The zero-order chi connectivity index (χ0) is 14.9. The van der Waals surface area contributed by atoms with Gasteiger partial charge < -0.3 is 9.84 Å². The number of rotatable bonds is 0. The summed E-state index contributed by atoms with van der Waals surface area (Å²) in [5, 5.41) is 10.9. The summed E-state index contributed by atoms with van der Waals surface area (Å²) in [7, 11) is 0. The fourth-order valence-corrected chi connectivity index (χ4v) is 7.00. The van der Waals surface area contributed by atoms with Gasteiger partial charge >= 0.3 is 0 Å². The molecule has 2 nitrogen and oxygen atoms in total. The minimum atomic E-state index is -0.441. The molecule has 7 atom stereocenters. The smallest absolute Gasteiger partial charge is 0.0675 e. The molecule has 4 rings (SSSR count). The van der Waals surface area contributed by atoms with Crippen LogP contribution in [0.4, 0.5) is 0 Å². The fraction of sp³-hybridized carbons (Fsp3) is 1.00. The Hall–Kier alpha value is -0.0800. The average Bonchev–Trinajstić information content (AvgIpc) is 2.69. The Bertz CT molecular complexity index is 431. The number of fused-ring (bicyclic) bond motifs is 5. The van der Waals surface area contributed by atoms with Crippen LogP contribution in [0.3, 0.4) is 0 Å². The average molecular weight is 292 g/mol. The molecule has 0 aromatic carbocycles. The van der Waals surface area contributed by atoms with Gasteiger partial charge in [-0.05, 0) is 86.4 Å². The Morgan fingerprint density at radius 1 is 0.905 bits per heavy atom. The molecule has 0 radical (unpaired) electrons. The number of hydrogen-bond acceptors (Lipinski definition) is 2. The van der Waals surface area contributed by atoms with E-state index in [2.05, 4.69) is 20.8 Å². The van der Waals surface area contributed by atoms with Crippen LogP contribution in [0.1, 0.15) is 65.7 Å². The second kappa shape index (κ2) is 4.47. The van der Waals surface area contributed by atoms with E-state index in [0.717, 1.165) is 43.3 Å². The lowest BCUT2D eigenvalue weighted by Gasteiger charge is -2.60. The quantitative estimate of drug-likeness (QED) is 0.731. The third kappa shape index (κ3) is 1.78. The van der Waals surface area contributed by atoms with Crippen molar-refractivity contribution in [2.45, 2.75) is 71.3 Å². The highest BCUT2D eigenvalue weighted by atomic mass is 16.5. The van der Waals surface area contributed by atoms with Crippen LogP contribution in [-0.2, 0) is 4.74 Å². The zero-order valence-electron chi connectivity index (χ0n) is 14.0. The predicted octanol–water partition coefficient (Wildman–Crippen LogP) is 4.02. The molecule has 0 spiro atoms. The van der Waals surface area contributed by atoms with E-state index in [4.69, 9.17) is 4.74 Å². The first-order valence-electron chi connectivity index (χ1n) is 9.19. The van der Waals surface area contributed by atoms with Gasteiger partial charge in [0.25, 0.3) is 0 Å². The molecule has 0 amide bonds. The van der Waals surface area contributed by atoms with Crippen LogP contribution in [0.25, 0.3) is 0 Å². The Balaban J connectivity index is 1.66. The maximum absolute atomic E-state index is 10.9. The lowest BCUT2D eigenvalue weighted by molar-refractivity contribution is -0.171. The molecule has 21 heavy (non-hydrogen) atoms. The van der Waals surface area contributed by atoms with Crippen LogP contribution in [0.5, 0.6) is 0 Å². The van der Waals surface area contributed by atoms with Crippen molar-refractivity contribution in [3.05, 3.63) is 0 Å². The number of aliphatic hydroxyl groups is 1. The number of hydrogen-bond donors (Lipinski definition) is 1. The van der Waals surface area contributed by atoms with E-state index in [1.807, 2.05) is 0 Å². The summed E-state index contributed by atoms with van der Waals surface area (Å²) in [5.74, 6) is 3.30. The van der Waals surface area contributed by atoms with Crippen molar-refractivity contribution in [1.29, 1.82) is 0 Å². The van der Waals surface area contributed by atoms with E-state index >= 15 is 0 Å². The molecule has 3 saturated carbocycles. The van der Waals surface area contributed by atoms with Crippen LogP contribution in [-0.4, -0.2) is 23.9 Å². The van der Waals surface area contributed by atoms with Gasteiger partial charge in [-0.2, -0.15) is 0 Å². The maximum atomic E-state index is 10.9.